The maximum absolute atomic E-state index is 6.36. The van der Waals surface area contributed by atoms with Gasteiger partial charge in [-0.15, -0.1) is 22.7 Å². The zero-order valence-corrected chi connectivity index (χ0v) is 28.9. The van der Waals surface area contributed by atoms with Crippen molar-refractivity contribution in [1.29, 1.82) is 0 Å². The van der Waals surface area contributed by atoms with Crippen LogP contribution in [0.2, 0.25) is 0 Å². The van der Waals surface area contributed by atoms with Crippen LogP contribution in [0.15, 0.2) is 162 Å². The molecule has 12 rings (SSSR count). The molecule has 0 aliphatic carbocycles. The average molecular weight is 683 g/mol. The molecule has 3 heterocycles. The SMILES string of the molecule is c1ccc2c(c1)ccc1sc3cc4c(cc3c12)sc1cc(-c2c3ccccc3c(-c3cccc5oc6ccccc6c35)c3ccccc23)ccc14. The highest BCUT2D eigenvalue weighted by molar-refractivity contribution is 7.27. The van der Waals surface area contributed by atoms with Crippen molar-refractivity contribution >= 4 is 117 Å². The van der Waals surface area contributed by atoms with Gasteiger partial charge in [0.05, 0.1) is 0 Å². The van der Waals surface area contributed by atoms with Crippen molar-refractivity contribution in [2.45, 2.75) is 0 Å². The maximum atomic E-state index is 6.36. The summed E-state index contributed by atoms with van der Waals surface area (Å²) in [6.07, 6.45) is 0. The Morgan fingerprint density at radius 1 is 0.333 bits per heavy atom. The molecule has 0 aliphatic rings. The van der Waals surface area contributed by atoms with Crippen molar-refractivity contribution in [3.8, 4) is 22.3 Å². The predicted octanol–water partition coefficient (Wildman–Crippen LogP) is 15.1. The molecule has 236 valence electrons. The monoisotopic (exact) mass is 682 g/mol. The molecule has 51 heavy (non-hydrogen) atoms. The molecule has 0 spiro atoms. The highest BCUT2D eigenvalue weighted by Crippen LogP contribution is 2.49. The van der Waals surface area contributed by atoms with Gasteiger partial charge in [0.1, 0.15) is 11.2 Å². The molecule has 3 heteroatoms. The quantitative estimate of drug-likeness (QED) is 0.165. The Hall–Kier alpha value is -6.00. The molecule has 12 aromatic rings. The van der Waals surface area contributed by atoms with Gasteiger partial charge in [-0.3, -0.25) is 0 Å². The number of hydrogen-bond acceptors (Lipinski definition) is 3. The number of thiophene rings is 2. The van der Waals surface area contributed by atoms with E-state index in [0.29, 0.717) is 0 Å². The number of furan rings is 1. The van der Waals surface area contributed by atoms with E-state index in [1.54, 1.807) is 0 Å². The molecule has 0 radical (unpaired) electrons. The molecular formula is C48H26OS2. The van der Waals surface area contributed by atoms with Crippen molar-refractivity contribution in [3.05, 3.63) is 158 Å². The molecular weight excluding hydrogens is 657 g/mol. The fraction of sp³-hybridized carbons (Fsp3) is 0. The van der Waals surface area contributed by atoms with Gasteiger partial charge in [-0.25, -0.2) is 0 Å². The summed E-state index contributed by atoms with van der Waals surface area (Å²) < 4.78 is 11.7. The van der Waals surface area contributed by atoms with Gasteiger partial charge < -0.3 is 4.42 Å². The van der Waals surface area contributed by atoms with Gasteiger partial charge in [-0.1, -0.05) is 121 Å². The van der Waals surface area contributed by atoms with E-state index in [1.807, 2.05) is 28.7 Å². The Kier molecular flexibility index (Phi) is 5.59. The zero-order valence-electron chi connectivity index (χ0n) is 27.2. The summed E-state index contributed by atoms with van der Waals surface area (Å²) in [4.78, 5) is 0. The van der Waals surface area contributed by atoms with Crippen molar-refractivity contribution in [3.63, 3.8) is 0 Å². The van der Waals surface area contributed by atoms with Crippen LogP contribution in [0.5, 0.6) is 0 Å². The van der Waals surface area contributed by atoms with E-state index in [-0.39, 0.29) is 0 Å². The summed E-state index contributed by atoms with van der Waals surface area (Å²) in [5.74, 6) is 0. The third kappa shape index (κ3) is 3.85. The van der Waals surface area contributed by atoms with Gasteiger partial charge >= 0.3 is 0 Å². The molecule has 0 N–H and O–H groups in total. The molecule has 0 atom stereocenters. The molecule has 9 aromatic carbocycles. The number of fused-ring (bicyclic) bond motifs is 13. The summed E-state index contributed by atoms with van der Waals surface area (Å²) in [5.41, 5.74) is 6.83. The molecule has 3 aromatic heterocycles. The topological polar surface area (TPSA) is 13.1 Å². The molecule has 0 saturated carbocycles. The highest BCUT2D eigenvalue weighted by Gasteiger charge is 2.21. The molecule has 0 saturated heterocycles. The average Bonchev–Trinajstić information content (AvgIpc) is 3.86. The first-order valence-corrected chi connectivity index (χ1v) is 19.0. The lowest BCUT2D eigenvalue weighted by molar-refractivity contribution is 0.669. The smallest absolute Gasteiger partial charge is 0.136 e. The van der Waals surface area contributed by atoms with Crippen LogP contribution in [0.25, 0.3) is 117 Å². The van der Waals surface area contributed by atoms with Crippen LogP contribution in [-0.2, 0) is 0 Å². The van der Waals surface area contributed by atoms with Crippen molar-refractivity contribution < 1.29 is 4.42 Å². The van der Waals surface area contributed by atoms with Gasteiger partial charge in [-0.05, 0) is 91.0 Å². The van der Waals surface area contributed by atoms with Crippen LogP contribution >= 0.6 is 22.7 Å². The van der Waals surface area contributed by atoms with Gasteiger partial charge in [0, 0.05) is 51.1 Å². The van der Waals surface area contributed by atoms with E-state index >= 15 is 0 Å². The molecule has 0 amide bonds. The van der Waals surface area contributed by atoms with Crippen LogP contribution in [0.1, 0.15) is 0 Å². The number of rotatable bonds is 2. The second kappa shape index (κ2) is 10.3. The fourth-order valence-corrected chi connectivity index (χ4v) is 11.0. The summed E-state index contributed by atoms with van der Waals surface area (Å²) in [6, 6.07) is 58.1. The minimum atomic E-state index is 0.919. The van der Waals surface area contributed by atoms with Gasteiger partial charge in [0.25, 0.3) is 0 Å². The van der Waals surface area contributed by atoms with E-state index in [9.17, 15) is 0 Å². The third-order valence-electron chi connectivity index (χ3n) is 10.8. The summed E-state index contributed by atoms with van der Waals surface area (Å²) in [6.45, 7) is 0. The van der Waals surface area contributed by atoms with Crippen LogP contribution in [0.4, 0.5) is 0 Å². The van der Waals surface area contributed by atoms with Crippen LogP contribution in [0.3, 0.4) is 0 Å². The number of benzene rings is 9. The predicted molar refractivity (Wildman–Crippen MR) is 223 cm³/mol. The molecule has 1 nitrogen and oxygen atoms in total. The molecule has 0 aliphatic heterocycles. The van der Waals surface area contributed by atoms with Gasteiger partial charge in [0.2, 0.25) is 0 Å². The first kappa shape index (κ1) is 27.8. The van der Waals surface area contributed by atoms with Crippen LogP contribution in [0, 0.1) is 0 Å². The normalized spacial score (nSPS) is 12.3. The van der Waals surface area contributed by atoms with E-state index in [2.05, 4.69) is 152 Å². The van der Waals surface area contributed by atoms with Crippen LogP contribution in [-0.4, -0.2) is 0 Å². The van der Waals surface area contributed by atoms with Crippen molar-refractivity contribution in [2.24, 2.45) is 0 Å². The first-order chi connectivity index (χ1) is 25.3. The largest absolute Gasteiger partial charge is 0.456 e. The maximum Gasteiger partial charge on any atom is 0.136 e. The summed E-state index contributed by atoms with van der Waals surface area (Å²) >= 11 is 3.82. The minimum absolute atomic E-state index is 0.919. The zero-order chi connectivity index (χ0) is 33.2. The van der Waals surface area contributed by atoms with Crippen molar-refractivity contribution in [2.75, 3.05) is 0 Å². The molecule has 0 fully saturated rings. The third-order valence-corrected chi connectivity index (χ3v) is 13.1. The van der Waals surface area contributed by atoms with Gasteiger partial charge in [-0.2, -0.15) is 0 Å². The Morgan fingerprint density at radius 3 is 1.75 bits per heavy atom. The Bertz CT molecular complexity index is 3370. The van der Waals surface area contributed by atoms with Crippen molar-refractivity contribution in [1.82, 2.24) is 0 Å². The lowest BCUT2D eigenvalue weighted by atomic mass is 9.85. The lowest BCUT2D eigenvalue weighted by Crippen LogP contribution is -1.91. The Labute approximate surface area is 300 Å². The summed E-state index contributed by atoms with van der Waals surface area (Å²) in [7, 11) is 0. The summed E-state index contributed by atoms with van der Waals surface area (Å²) in [5, 5.41) is 15.4. The minimum Gasteiger partial charge on any atom is -0.456 e. The Balaban J connectivity index is 1.12. The highest BCUT2D eigenvalue weighted by atomic mass is 32.1. The first-order valence-electron chi connectivity index (χ1n) is 17.3. The number of para-hydroxylation sites is 1. The van der Waals surface area contributed by atoms with E-state index in [0.717, 1.165) is 16.6 Å². The second-order valence-electron chi connectivity index (χ2n) is 13.5. The van der Waals surface area contributed by atoms with E-state index in [4.69, 9.17) is 4.42 Å². The Morgan fingerprint density at radius 2 is 0.941 bits per heavy atom. The second-order valence-corrected chi connectivity index (χ2v) is 15.7. The fourth-order valence-electron chi connectivity index (χ4n) is 8.68. The standard InChI is InChI=1S/C48H26OS2/c1-2-11-29-27(10-1)21-23-41-48(29)38-26-43-37(25-44(38)50-41)30-22-20-28(24-42(30)51-43)45-31-12-3-5-14-33(31)46(34-15-6-4-13-32(34)45)36-17-9-19-40-47(36)35-16-7-8-18-39(35)49-40/h1-26H. The van der Waals surface area contributed by atoms with Gasteiger partial charge in [0.15, 0.2) is 0 Å². The van der Waals surface area contributed by atoms with Crippen LogP contribution < -0.4 is 0 Å². The molecule has 0 bridgehead atoms. The van der Waals surface area contributed by atoms with E-state index in [1.165, 1.54) is 100 Å². The molecule has 0 unspecified atom stereocenters. The lowest BCUT2D eigenvalue weighted by Gasteiger charge is -2.18. The number of hydrogen-bond donors (Lipinski definition) is 0. The van der Waals surface area contributed by atoms with E-state index < -0.39 is 0 Å².